The third-order valence-corrected chi connectivity index (χ3v) is 3.42. The van der Waals surface area contributed by atoms with Gasteiger partial charge in [-0.2, -0.15) is 9.36 Å². The van der Waals surface area contributed by atoms with Crippen LogP contribution in [0.4, 0.5) is 4.39 Å². The summed E-state index contributed by atoms with van der Waals surface area (Å²) in [5.74, 6) is -0.337. The minimum atomic E-state index is -0.341. The van der Waals surface area contributed by atoms with Gasteiger partial charge in [-0.15, -0.1) is 11.3 Å². The van der Waals surface area contributed by atoms with Crippen molar-refractivity contribution < 1.29 is 4.39 Å². The first kappa shape index (κ1) is 11.8. The Morgan fingerprint density at radius 1 is 1.21 bits per heavy atom. The summed E-state index contributed by atoms with van der Waals surface area (Å²) in [6, 6.07) is 9.68. The van der Waals surface area contributed by atoms with E-state index in [4.69, 9.17) is 0 Å². The Hall–Kier alpha value is -2.28. The van der Waals surface area contributed by atoms with E-state index in [1.165, 1.54) is 32.8 Å². The van der Waals surface area contributed by atoms with Crippen molar-refractivity contribution in [2.75, 3.05) is 0 Å². The number of tetrazole rings is 1. The van der Waals surface area contributed by atoms with Crippen LogP contribution in [0.25, 0.3) is 5.00 Å². The summed E-state index contributed by atoms with van der Waals surface area (Å²) in [7, 11) is 0. The van der Waals surface area contributed by atoms with Crippen molar-refractivity contribution in [2.24, 2.45) is 0 Å². The molecular weight excluding hydrogens is 267 g/mol. The molecule has 0 radical (unpaired) electrons. The zero-order valence-electron chi connectivity index (χ0n) is 9.73. The number of nitrogens with zero attached hydrogens (tertiary/aromatic N) is 4. The van der Waals surface area contributed by atoms with Gasteiger partial charge in [-0.1, -0.05) is 12.1 Å². The fourth-order valence-corrected chi connectivity index (χ4v) is 2.38. The first-order valence-electron chi connectivity index (χ1n) is 5.55. The Bertz CT molecular complexity index is 747. The maximum atomic E-state index is 13.1. The van der Waals surface area contributed by atoms with Gasteiger partial charge in [0.2, 0.25) is 0 Å². The van der Waals surface area contributed by atoms with E-state index in [9.17, 15) is 9.18 Å². The van der Waals surface area contributed by atoms with Crippen LogP contribution in [0.2, 0.25) is 0 Å². The maximum Gasteiger partial charge on any atom is 0.369 e. The highest BCUT2D eigenvalue weighted by molar-refractivity contribution is 7.12. The van der Waals surface area contributed by atoms with E-state index in [2.05, 4.69) is 10.4 Å². The minimum Gasteiger partial charge on any atom is -0.244 e. The molecule has 2 aromatic heterocycles. The van der Waals surface area contributed by atoms with Gasteiger partial charge >= 0.3 is 5.69 Å². The normalized spacial score (nSPS) is 10.8. The number of hydrogen-bond acceptors (Lipinski definition) is 4. The zero-order valence-corrected chi connectivity index (χ0v) is 10.5. The van der Waals surface area contributed by atoms with E-state index >= 15 is 0 Å². The van der Waals surface area contributed by atoms with Gasteiger partial charge in [-0.25, -0.2) is 9.18 Å². The summed E-state index contributed by atoms with van der Waals surface area (Å²) in [5.41, 5.74) is 0.326. The van der Waals surface area contributed by atoms with Crippen molar-refractivity contribution in [2.45, 2.75) is 6.54 Å². The van der Waals surface area contributed by atoms with Crippen molar-refractivity contribution in [3.05, 3.63) is 63.6 Å². The van der Waals surface area contributed by atoms with Gasteiger partial charge in [0.1, 0.15) is 10.8 Å². The van der Waals surface area contributed by atoms with Crippen LogP contribution in [0.3, 0.4) is 0 Å². The lowest BCUT2D eigenvalue weighted by molar-refractivity contribution is 0.608. The third-order valence-electron chi connectivity index (χ3n) is 2.58. The molecule has 5 nitrogen and oxygen atoms in total. The number of benzene rings is 1. The molecule has 7 heteroatoms. The average Bonchev–Trinajstić information content (AvgIpc) is 3.01. The van der Waals surface area contributed by atoms with Crippen molar-refractivity contribution >= 4 is 11.3 Å². The second-order valence-corrected chi connectivity index (χ2v) is 4.84. The molecule has 3 rings (SSSR count). The first-order chi connectivity index (χ1) is 9.24. The van der Waals surface area contributed by atoms with Crippen LogP contribution in [-0.4, -0.2) is 19.8 Å². The molecule has 19 heavy (non-hydrogen) atoms. The van der Waals surface area contributed by atoms with E-state index < -0.39 is 0 Å². The van der Waals surface area contributed by atoms with Gasteiger partial charge in [-0.05, 0) is 45.6 Å². The van der Waals surface area contributed by atoms with E-state index in [-0.39, 0.29) is 18.1 Å². The van der Waals surface area contributed by atoms with Crippen LogP contribution in [0.5, 0.6) is 0 Å². The summed E-state index contributed by atoms with van der Waals surface area (Å²) < 4.78 is 15.5. The SMILES string of the molecule is O=c1n(Cc2cccc(F)c2)nnn1-c1cccs1. The summed E-state index contributed by atoms with van der Waals surface area (Å²) in [6.07, 6.45) is 0. The van der Waals surface area contributed by atoms with E-state index in [0.717, 1.165) is 0 Å². The summed E-state index contributed by atoms with van der Waals surface area (Å²) >= 11 is 1.40. The van der Waals surface area contributed by atoms with Crippen molar-refractivity contribution in [1.82, 2.24) is 19.8 Å². The lowest BCUT2D eigenvalue weighted by Gasteiger charge is -1.99. The molecule has 0 bridgehead atoms. The fraction of sp³-hybridized carbons (Fsp3) is 0.0833. The molecule has 0 saturated carbocycles. The van der Waals surface area contributed by atoms with E-state index in [1.54, 1.807) is 18.2 Å². The zero-order chi connectivity index (χ0) is 13.2. The Morgan fingerprint density at radius 3 is 2.84 bits per heavy atom. The van der Waals surface area contributed by atoms with Crippen LogP contribution in [-0.2, 0) is 6.54 Å². The summed E-state index contributed by atoms with van der Waals surface area (Å²) in [6.45, 7) is 0.196. The molecule has 0 fully saturated rings. The van der Waals surface area contributed by atoms with Crippen molar-refractivity contribution in [3.63, 3.8) is 0 Å². The Balaban J connectivity index is 1.93. The quantitative estimate of drug-likeness (QED) is 0.731. The molecule has 0 aliphatic carbocycles. The monoisotopic (exact) mass is 276 g/mol. The molecule has 0 atom stereocenters. The average molecular weight is 276 g/mol. The predicted molar refractivity (Wildman–Crippen MR) is 69.0 cm³/mol. The Labute approximate surface area is 111 Å². The minimum absolute atomic E-state index is 0.196. The van der Waals surface area contributed by atoms with E-state index in [0.29, 0.717) is 10.6 Å². The number of hydrogen-bond donors (Lipinski definition) is 0. The third kappa shape index (κ3) is 2.32. The number of aromatic nitrogens is 4. The number of halogens is 1. The van der Waals surface area contributed by atoms with Crippen LogP contribution >= 0.6 is 11.3 Å². The van der Waals surface area contributed by atoms with E-state index in [1.807, 2.05) is 11.4 Å². The van der Waals surface area contributed by atoms with Gasteiger partial charge in [0.25, 0.3) is 0 Å². The van der Waals surface area contributed by atoms with Crippen LogP contribution in [0.1, 0.15) is 5.56 Å². The maximum absolute atomic E-state index is 13.1. The Morgan fingerprint density at radius 2 is 2.11 bits per heavy atom. The second kappa shape index (κ2) is 4.77. The Kier molecular flexibility index (Phi) is 2.96. The largest absolute Gasteiger partial charge is 0.369 e. The number of rotatable bonds is 3. The smallest absolute Gasteiger partial charge is 0.244 e. The summed E-state index contributed by atoms with van der Waals surface area (Å²) in [4.78, 5) is 12.1. The topological polar surface area (TPSA) is 52.7 Å². The molecule has 3 aromatic rings. The van der Waals surface area contributed by atoms with Crippen LogP contribution in [0.15, 0.2) is 46.6 Å². The molecule has 1 aromatic carbocycles. The van der Waals surface area contributed by atoms with Gasteiger partial charge < -0.3 is 0 Å². The molecule has 0 aliphatic heterocycles. The van der Waals surface area contributed by atoms with Crippen LogP contribution in [0, 0.1) is 5.82 Å². The molecule has 0 spiro atoms. The number of thiophene rings is 1. The summed E-state index contributed by atoms with van der Waals surface area (Å²) in [5, 5.41) is 10.2. The fourth-order valence-electron chi connectivity index (χ4n) is 1.71. The first-order valence-corrected chi connectivity index (χ1v) is 6.43. The highest BCUT2D eigenvalue weighted by Gasteiger charge is 2.09. The predicted octanol–water partition coefficient (Wildman–Crippen LogP) is 1.68. The van der Waals surface area contributed by atoms with Gasteiger partial charge in [-0.3, -0.25) is 0 Å². The lowest BCUT2D eigenvalue weighted by atomic mass is 10.2. The highest BCUT2D eigenvalue weighted by Crippen LogP contribution is 2.10. The van der Waals surface area contributed by atoms with Crippen LogP contribution < -0.4 is 5.69 Å². The molecular formula is C12H9FN4OS. The van der Waals surface area contributed by atoms with Gasteiger partial charge in [0, 0.05) is 0 Å². The molecule has 96 valence electrons. The highest BCUT2D eigenvalue weighted by atomic mass is 32.1. The second-order valence-electron chi connectivity index (χ2n) is 3.91. The van der Waals surface area contributed by atoms with Crippen molar-refractivity contribution in [3.8, 4) is 5.00 Å². The molecule has 0 amide bonds. The molecule has 0 unspecified atom stereocenters. The molecule has 2 heterocycles. The molecule has 0 saturated heterocycles. The lowest BCUT2D eigenvalue weighted by Crippen LogP contribution is -2.24. The van der Waals surface area contributed by atoms with Gasteiger partial charge in [0.05, 0.1) is 6.54 Å². The molecule has 0 N–H and O–H groups in total. The standard InChI is InChI=1S/C12H9FN4OS/c13-10-4-1-3-9(7-10)8-16-12(18)17(15-14-16)11-5-2-6-19-11/h1-7H,8H2. The molecule has 0 aliphatic rings. The van der Waals surface area contributed by atoms with Gasteiger partial charge in [0.15, 0.2) is 0 Å². The van der Waals surface area contributed by atoms with Crippen molar-refractivity contribution in [1.29, 1.82) is 0 Å².